The second-order valence-corrected chi connectivity index (χ2v) is 8.57. The Kier molecular flexibility index (Phi) is 7.19. The lowest BCUT2D eigenvalue weighted by Gasteiger charge is -2.36. The average Bonchev–Trinajstić information content (AvgIpc) is 2.71. The molecule has 3 rings (SSSR count). The number of rotatable bonds is 3. The maximum absolute atomic E-state index is 14.0. The molecule has 2 amide bonds. The second-order valence-electron chi connectivity index (χ2n) is 8.57. The van der Waals surface area contributed by atoms with Crippen LogP contribution in [0.1, 0.15) is 20.8 Å². The van der Waals surface area contributed by atoms with Gasteiger partial charge < -0.3 is 28.9 Å². The largest absolute Gasteiger partial charge is 0.447 e. The van der Waals surface area contributed by atoms with Crippen molar-refractivity contribution in [2.75, 3.05) is 57.4 Å². The molecule has 1 atom stereocenters. The minimum absolute atomic E-state index is 0.0188. The maximum Gasteiger partial charge on any atom is 0.410 e. The molecule has 10 heteroatoms. The van der Waals surface area contributed by atoms with Gasteiger partial charge >= 0.3 is 12.2 Å². The zero-order valence-corrected chi connectivity index (χ0v) is 18.1. The minimum Gasteiger partial charge on any atom is -0.447 e. The summed E-state index contributed by atoms with van der Waals surface area (Å²) >= 11 is 0. The van der Waals surface area contributed by atoms with Crippen molar-refractivity contribution in [2.45, 2.75) is 32.5 Å². The molecule has 2 saturated heterocycles. The first-order chi connectivity index (χ1) is 14.6. The number of halogens is 2. The molecular weight excluding hydrogens is 412 g/mol. The quantitative estimate of drug-likeness (QED) is 0.719. The van der Waals surface area contributed by atoms with E-state index in [1.165, 1.54) is 17.0 Å². The molecule has 0 radical (unpaired) electrons. The van der Waals surface area contributed by atoms with E-state index in [-0.39, 0.29) is 13.2 Å². The fourth-order valence-electron chi connectivity index (χ4n) is 3.44. The Labute approximate surface area is 180 Å². The number of morpholine rings is 1. The molecular formula is C21H29F2N3O5. The summed E-state index contributed by atoms with van der Waals surface area (Å²) in [5, 5.41) is 0. The molecule has 2 aliphatic rings. The molecule has 0 saturated carbocycles. The Morgan fingerprint density at radius 1 is 1.06 bits per heavy atom. The van der Waals surface area contributed by atoms with E-state index >= 15 is 0 Å². The molecule has 0 bridgehead atoms. The van der Waals surface area contributed by atoms with E-state index in [1.807, 2.05) is 0 Å². The first kappa shape index (κ1) is 23.1. The van der Waals surface area contributed by atoms with Crippen LogP contribution in [0.2, 0.25) is 0 Å². The summed E-state index contributed by atoms with van der Waals surface area (Å²) in [7, 11) is 0. The van der Waals surface area contributed by atoms with Gasteiger partial charge in [-0.05, 0) is 32.9 Å². The summed E-state index contributed by atoms with van der Waals surface area (Å²) in [5.41, 5.74) is -0.275. The number of amides is 2. The summed E-state index contributed by atoms with van der Waals surface area (Å²) in [6.07, 6.45) is -1.34. The first-order valence-electron chi connectivity index (χ1n) is 10.3. The topological polar surface area (TPSA) is 71.5 Å². The third-order valence-corrected chi connectivity index (χ3v) is 4.97. The zero-order chi connectivity index (χ0) is 22.6. The fourth-order valence-corrected chi connectivity index (χ4v) is 3.44. The van der Waals surface area contributed by atoms with Gasteiger partial charge in [-0.15, -0.1) is 0 Å². The van der Waals surface area contributed by atoms with Crippen molar-refractivity contribution in [3.8, 4) is 0 Å². The van der Waals surface area contributed by atoms with Gasteiger partial charge in [0.05, 0.1) is 18.8 Å². The minimum atomic E-state index is -0.626. The van der Waals surface area contributed by atoms with E-state index in [2.05, 4.69) is 0 Å². The van der Waals surface area contributed by atoms with Gasteiger partial charge in [-0.3, -0.25) is 0 Å². The van der Waals surface area contributed by atoms with Crippen LogP contribution < -0.4 is 4.90 Å². The lowest BCUT2D eigenvalue weighted by molar-refractivity contribution is -0.0638. The Hall–Kier alpha value is -2.62. The number of ether oxygens (including phenoxy) is 3. The van der Waals surface area contributed by atoms with Gasteiger partial charge in [0.1, 0.15) is 29.9 Å². The molecule has 0 aromatic heterocycles. The van der Waals surface area contributed by atoms with Crippen LogP contribution in [0.25, 0.3) is 0 Å². The summed E-state index contributed by atoms with van der Waals surface area (Å²) in [6, 6.07) is 3.46. The predicted octanol–water partition coefficient (Wildman–Crippen LogP) is 2.86. The van der Waals surface area contributed by atoms with Crippen LogP contribution in [0.4, 0.5) is 24.1 Å². The van der Waals surface area contributed by atoms with Gasteiger partial charge in [0, 0.05) is 38.8 Å². The molecule has 0 unspecified atom stereocenters. The number of anilines is 1. The van der Waals surface area contributed by atoms with E-state index in [0.29, 0.717) is 45.0 Å². The smallest absolute Gasteiger partial charge is 0.410 e. The Balaban J connectivity index is 1.43. The number of carbonyl (C=O) groups excluding carboxylic acids is 2. The summed E-state index contributed by atoms with van der Waals surface area (Å²) in [6.45, 7) is 7.97. The van der Waals surface area contributed by atoms with E-state index < -0.39 is 35.5 Å². The third kappa shape index (κ3) is 6.43. The van der Waals surface area contributed by atoms with Gasteiger partial charge in [0.15, 0.2) is 0 Å². The van der Waals surface area contributed by atoms with Gasteiger partial charge in [-0.2, -0.15) is 0 Å². The summed E-state index contributed by atoms with van der Waals surface area (Å²) < 4.78 is 43.4. The van der Waals surface area contributed by atoms with E-state index in [9.17, 15) is 18.4 Å². The van der Waals surface area contributed by atoms with Crippen molar-refractivity contribution in [1.29, 1.82) is 0 Å². The Bertz CT molecular complexity index is 794. The number of nitrogens with zero attached hydrogens (tertiary/aromatic N) is 3. The standard InChI is InChI=1S/C21H29F2N3O5/c1-21(2,3)31-20(28)26-10-11-29-16(13-26)14-30-19(27)25-8-6-24(7-9-25)18-5-4-15(22)12-17(18)23/h4-5,12,16H,6-11,13-14H2,1-3H3/t16-/m0/s1. The van der Waals surface area contributed by atoms with Gasteiger partial charge in [0.25, 0.3) is 0 Å². The van der Waals surface area contributed by atoms with Crippen LogP contribution in [0, 0.1) is 11.6 Å². The van der Waals surface area contributed by atoms with Crippen molar-refractivity contribution in [1.82, 2.24) is 9.80 Å². The van der Waals surface area contributed by atoms with Crippen LogP contribution in [0.5, 0.6) is 0 Å². The molecule has 0 aliphatic carbocycles. The van der Waals surface area contributed by atoms with Crippen molar-refractivity contribution < 1.29 is 32.6 Å². The van der Waals surface area contributed by atoms with Crippen molar-refractivity contribution in [3.63, 3.8) is 0 Å². The first-order valence-corrected chi connectivity index (χ1v) is 10.3. The van der Waals surface area contributed by atoms with Crippen LogP contribution in [0.15, 0.2) is 18.2 Å². The van der Waals surface area contributed by atoms with E-state index in [4.69, 9.17) is 14.2 Å². The maximum atomic E-state index is 14.0. The van der Waals surface area contributed by atoms with Gasteiger partial charge in [0.2, 0.25) is 0 Å². The molecule has 31 heavy (non-hydrogen) atoms. The van der Waals surface area contributed by atoms with Crippen LogP contribution in [-0.4, -0.2) is 86.2 Å². The highest BCUT2D eigenvalue weighted by atomic mass is 19.1. The molecule has 1 aromatic rings. The Morgan fingerprint density at radius 3 is 2.42 bits per heavy atom. The lowest BCUT2D eigenvalue weighted by atomic mass is 10.2. The number of piperazine rings is 1. The van der Waals surface area contributed by atoms with Crippen molar-refractivity contribution in [2.24, 2.45) is 0 Å². The van der Waals surface area contributed by atoms with Crippen LogP contribution >= 0.6 is 0 Å². The molecule has 0 N–H and O–H groups in total. The molecule has 2 aliphatic heterocycles. The molecule has 0 spiro atoms. The normalized spacial score (nSPS) is 19.9. The Morgan fingerprint density at radius 2 is 1.77 bits per heavy atom. The highest BCUT2D eigenvalue weighted by Gasteiger charge is 2.30. The lowest BCUT2D eigenvalue weighted by Crippen LogP contribution is -2.51. The average molecular weight is 441 g/mol. The summed E-state index contributed by atoms with van der Waals surface area (Å²) in [4.78, 5) is 29.5. The van der Waals surface area contributed by atoms with Crippen LogP contribution in [0.3, 0.4) is 0 Å². The van der Waals surface area contributed by atoms with Crippen molar-refractivity contribution in [3.05, 3.63) is 29.8 Å². The highest BCUT2D eigenvalue weighted by Crippen LogP contribution is 2.22. The van der Waals surface area contributed by atoms with E-state index in [1.54, 1.807) is 30.6 Å². The number of benzene rings is 1. The van der Waals surface area contributed by atoms with E-state index in [0.717, 1.165) is 6.07 Å². The third-order valence-electron chi connectivity index (χ3n) is 4.97. The number of hydrogen-bond donors (Lipinski definition) is 0. The molecule has 1 aromatic carbocycles. The van der Waals surface area contributed by atoms with Crippen molar-refractivity contribution >= 4 is 17.9 Å². The molecule has 8 nitrogen and oxygen atoms in total. The molecule has 172 valence electrons. The predicted molar refractivity (Wildman–Crippen MR) is 109 cm³/mol. The molecule has 2 fully saturated rings. The molecule has 2 heterocycles. The van der Waals surface area contributed by atoms with Gasteiger partial charge in [-0.1, -0.05) is 0 Å². The zero-order valence-electron chi connectivity index (χ0n) is 18.1. The monoisotopic (exact) mass is 441 g/mol. The summed E-state index contributed by atoms with van der Waals surface area (Å²) in [5.74, 6) is -1.25. The van der Waals surface area contributed by atoms with Crippen LogP contribution in [-0.2, 0) is 14.2 Å². The van der Waals surface area contributed by atoms with Gasteiger partial charge in [-0.25, -0.2) is 18.4 Å². The highest BCUT2D eigenvalue weighted by molar-refractivity contribution is 5.69. The number of carbonyl (C=O) groups is 2. The SMILES string of the molecule is CC(C)(C)OC(=O)N1CCO[C@H](COC(=O)N2CCN(c3ccc(F)cc3F)CC2)C1. The fraction of sp³-hybridized carbons (Fsp3) is 0.619. The second kappa shape index (κ2) is 9.67. The number of hydrogen-bond acceptors (Lipinski definition) is 6.